The van der Waals surface area contributed by atoms with Crippen molar-refractivity contribution in [2.75, 3.05) is 11.9 Å². The molecule has 18 heavy (non-hydrogen) atoms. The predicted molar refractivity (Wildman–Crippen MR) is 72.3 cm³/mol. The van der Waals surface area contributed by atoms with Crippen molar-refractivity contribution < 1.29 is 4.39 Å². The van der Waals surface area contributed by atoms with Crippen LogP contribution in [0.15, 0.2) is 36.4 Å². The van der Waals surface area contributed by atoms with E-state index in [-0.39, 0.29) is 0 Å². The van der Waals surface area contributed by atoms with Crippen LogP contribution in [0.3, 0.4) is 0 Å². The number of hydrogen-bond donors (Lipinski definition) is 1. The fourth-order valence-corrected chi connectivity index (χ4v) is 2.05. The highest BCUT2D eigenvalue weighted by molar-refractivity contribution is 5.34. The van der Waals surface area contributed by atoms with Gasteiger partial charge in [-0.1, -0.05) is 35.4 Å². The Morgan fingerprint density at radius 3 is 2.50 bits per heavy atom. The molecule has 1 heterocycles. The van der Waals surface area contributed by atoms with Crippen LogP contribution in [-0.4, -0.2) is 11.5 Å². The van der Waals surface area contributed by atoms with Crippen LogP contribution in [0.4, 0.5) is 10.2 Å². The van der Waals surface area contributed by atoms with Crippen LogP contribution in [0.2, 0.25) is 0 Å². The smallest absolute Gasteiger partial charge is 0.214 e. The largest absolute Gasteiger partial charge is 0.370 e. The van der Waals surface area contributed by atoms with E-state index in [0.29, 0.717) is 5.82 Å². The Bertz CT molecular complexity index is 518. The van der Waals surface area contributed by atoms with Crippen molar-refractivity contribution in [3.8, 4) is 0 Å². The average Bonchev–Trinajstić information content (AvgIpc) is 2.27. The fourth-order valence-electron chi connectivity index (χ4n) is 2.05. The second kappa shape index (κ2) is 5.63. The van der Waals surface area contributed by atoms with E-state index in [1.807, 2.05) is 0 Å². The predicted octanol–water partition coefficient (Wildman–Crippen LogP) is 3.49. The summed E-state index contributed by atoms with van der Waals surface area (Å²) in [7, 11) is 0. The highest BCUT2D eigenvalue weighted by atomic mass is 19.1. The molecule has 0 aliphatic heterocycles. The molecule has 0 spiro atoms. The molecule has 1 aromatic carbocycles. The Morgan fingerprint density at radius 1 is 1.11 bits per heavy atom. The maximum absolute atomic E-state index is 12.9. The zero-order chi connectivity index (χ0) is 13.0. The Morgan fingerprint density at radius 2 is 1.83 bits per heavy atom. The number of hydrogen-bond acceptors (Lipinski definition) is 2. The van der Waals surface area contributed by atoms with Gasteiger partial charge in [0.1, 0.15) is 5.82 Å². The lowest BCUT2D eigenvalue weighted by Crippen LogP contribution is -2.07. The Hall–Kier alpha value is -1.90. The van der Waals surface area contributed by atoms with E-state index in [0.717, 1.165) is 13.0 Å². The zero-order valence-corrected chi connectivity index (χ0v) is 10.7. The number of nitrogens with zero attached hydrogens (tertiary/aromatic N) is 1. The van der Waals surface area contributed by atoms with Gasteiger partial charge in [-0.05, 0) is 38.0 Å². The number of pyridine rings is 1. The van der Waals surface area contributed by atoms with E-state index in [1.165, 1.54) is 22.8 Å². The third-order valence-corrected chi connectivity index (χ3v) is 2.72. The van der Waals surface area contributed by atoms with Crippen molar-refractivity contribution in [1.82, 2.24) is 4.98 Å². The van der Waals surface area contributed by atoms with Gasteiger partial charge in [0.2, 0.25) is 5.95 Å². The van der Waals surface area contributed by atoms with Crippen molar-refractivity contribution in [2.24, 2.45) is 0 Å². The van der Waals surface area contributed by atoms with E-state index in [9.17, 15) is 4.39 Å². The average molecular weight is 244 g/mol. The van der Waals surface area contributed by atoms with Gasteiger partial charge in [-0.3, -0.25) is 0 Å². The molecule has 0 saturated heterocycles. The van der Waals surface area contributed by atoms with Gasteiger partial charge in [-0.15, -0.1) is 0 Å². The highest BCUT2D eigenvalue weighted by Gasteiger charge is 1.98. The monoisotopic (exact) mass is 244 g/mol. The second-order valence-corrected chi connectivity index (χ2v) is 4.52. The van der Waals surface area contributed by atoms with Crippen LogP contribution in [0.5, 0.6) is 0 Å². The molecule has 2 rings (SSSR count). The van der Waals surface area contributed by atoms with Crippen LogP contribution in [-0.2, 0) is 6.42 Å². The standard InChI is InChI=1S/C15H17FN2/c1-11-8-12(2)10-13(9-11)6-7-17-15-5-3-4-14(16)18-15/h3-5,8-10H,6-7H2,1-2H3,(H,17,18). The molecule has 0 amide bonds. The number of aryl methyl sites for hydroxylation is 2. The molecule has 1 aromatic heterocycles. The molecule has 0 aliphatic rings. The van der Waals surface area contributed by atoms with Crippen molar-refractivity contribution in [3.05, 3.63) is 59.0 Å². The molecule has 0 unspecified atom stereocenters. The first-order valence-corrected chi connectivity index (χ1v) is 6.07. The van der Waals surface area contributed by atoms with E-state index < -0.39 is 5.95 Å². The number of aromatic nitrogens is 1. The van der Waals surface area contributed by atoms with Crippen LogP contribution in [0.1, 0.15) is 16.7 Å². The molecular formula is C15H17FN2. The quantitative estimate of drug-likeness (QED) is 0.833. The van der Waals surface area contributed by atoms with Gasteiger partial charge in [-0.25, -0.2) is 4.98 Å². The Kier molecular flexibility index (Phi) is 3.92. The summed E-state index contributed by atoms with van der Waals surface area (Å²) in [5, 5.41) is 3.12. The number of halogens is 1. The Labute approximate surface area is 107 Å². The van der Waals surface area contributed by atoms with Gasteiger partial charge >= 0.3 is 0 Å². The summed E-state index contributed by atoms with van der Waals surface area (Å²) in [6, 6.07) is 11.3. The molecular weight excluding hydrogens is 227 g/mol. The van der Waals surface area contributed by atoms with Crippen LogP contribution in [0, 0.1) is 19.8 Å². The van der Waals surface area contributed by atoms with Crippen LogP contribution < -0.4 is 5.32 Å². The summed E-state index contributed by atoms with van der Waals surface area (Å²) in [6.07, 6.45) is 0.903. The number of rotatable bonds is 4. The second-order valence-electron chi connectivity index (χ2n) is 4.52. The summed E-state index contributed by atoms with van der Waals surface area (Å²) in [5.74, 6) is 0.130. The van der Waals surface area contributed by atoms with Crippen LogP contribution >= 0.6 is 0 Å². The molecule has 2 nitrogen and oxygen atoms in total. The minimum absolute atomic E-state index is 0.452. The first kappa shape index (κ1) is 12.6. The lowest BCUT2D eigenvalue weighted by Gasteiger charge is -2.07. The van der Waals surface area contributed by atoms with E-state index in [4.69, 9.17) is 0 Å². The molecule has 3 heteroatoms. The lowest BCUT2D eigenvalue weighted by atomic mass is 10.1. The lowest BCUT2D eigenvalue weighted by molar-refractivity contribution is 0.585. The highest BCUT2D eigenvalue weighted by Crippen LogP contribution is 2.10. The maximum atomic E-state index is 12.9. The topological polar surface area (TPSA) is 24.9 Å². The minimum Gasteiger partial charge on any atom is -0.370 e. The van der Waals surface area contributed by atoms with Crippen molar-refractivity contribution >= 4 is 5.82 Å². The number of nitrogens with one attached hydrogen (secondary N) is 1. The minimum atomic E-state index is -0.452. The number of benzene rings is 1. The molecule has 0 saturated carbocycles. The summed E-state index contributed by atoms with van der Waals surface area (Å²) in [5.41, 5.74) is 3.83. The van der Waals surface area contributed by atoms with Gasteiger partial charge in [0, 0.05) is 6.54 Å². The molecule has 94 valence electrons. The maximum Gasteiger partial charge on any atom is 0.214 e. The van der Waals surface area contributed by atoms with E-state index in [2.05, 4.69) is 42.3 Å². The molecule has 0 aliphatic carbocycles. The third-order valence-electron chi connectivity index (χ3n) is 2.72. The molecule has 0 bridgehead atoms. The third kappa shape index (κ3) is 3.55. The SMILES string of the molecule is Cc1cc(C)cc(CCNc2cccc(F)n2)c1. The molecule has 1 N–H and O–H groups in total. The van der Waals surface area contributed by atoms with Gasteiger partial charge in [0.05, 0.1) is 0 Å². The van der Waals surface area contributed by atoms with Crippen LogP contribution in [0.25, 0.3) is 0 Å². The molecule has 0 radical (unpaired) electrons. The summed E-state index contributed by atoms with van der Waals surface area (Å²) >= 11 is 0. The fraction of sp³-hybridized carbons (Fsp3) is 0.267. The van der Waals surface area contributed by atoms with E-state index in [1.54, 1.807) is 12.1 Å². The van der Waals surface area contributed by atoms with Gasteiger partial charge < -0.3 is 5.32 Å². The zero-order valence-electron chi connectivity index (χ0n) is 10.7. The van der Waals surface area contributed by atoms with Crippen molar-refractivity contribution in [3.63, 3.8) is 0 Å². The van der Waals surface area contributed by atoms with E-state index >= 15 is 0 Å². The Balaban J connectivity index is 1.92. The summed E-state index contributed by atoms with van der Waals surface area (Å²) < 4.78 is 12.9. The van der Waals surface area contributed by atoms with Crippen molar-refractivity contribution in [1.29, 1.82) is 0 Å². The molecule has 2 aromatic rings. The molecule has 0 fully saturated rings. The number of anilines is 1. The summed E-state index contributed by atoms with van der Waals surface area (Å²) in [6.45, 7) is 4.94. The van der Waals surface area contributed by atoms with Gasteiger partial charge in [0.25, 0.3) is 0 Å². The normalized spacial score (nSPS) is 10.4. The summed E-state index contributed by atoms with van der Waals surface area (Å²) in [4.78, 5) is 3.76. The van der Waals surface area contributed by atoms with Crippen molar-refractivity contribution in [2.45, 2.75) is 20.3 Å². The molecule has 0 atom stereocenters. The van der Waals surface area contributed by atoms with Gasteiger partial charge in [-0.2, -0.15) is 4.39 Å². The van der Waals surface area contributed by atoms with Gasteiger partial charge in [0.15, 0.2) is 0 Å². The first-order chi connectivity index (χ1) is 8.63. The first-order valence-electron chi connectivity index (χ1n) is 6.07.